The highest BCUT2D eigenvalue weighted by atomic mass is 35.5. The number of rotatable bonds is 4. The number of carbonyl (C=O) groups is 1. The summed E-state index contributed by atoms with van der Waals surface area (Å²) in [6.45, 7) is 0. The molecule has 0 atom stereocenters. The molecule has 0 aliphatic heterocycles. The third kappa shape index (κ3) is 3.80. The lowest BCUT2D eigenvalue weighted by atomic mass is 9.84. The average molecular weight is 315 g/mol. The number of halogens is 1. The van der Waals surface area contributed by atoms with Crippen molar-refractivity contribution in [2.45, 2.75) is 32.1 Å². The molecule has 1 aliphatic rings. The highest BCUT2D eigenvalue weighted by Crippen LogP contribution is 2.33. The maximum Gasteiger partial charge on any atom is 0.166 e. The molecule has 1 heterocycles. The number of hydrogen-bond donors (Lipinski definition) is 0. The van der Waals surface area contributed by atoms with Gasteiger partial charge in [0.1, 0.15) is 5.82 Å². The van der Waals surface area contributed by atoms with Crippen LogP contribution in [0.3, 0.4) is 0 Å². The fourth-order valence-corrected chi connectivity index (χ4v) is 2.84. The molecule has 0 saturated carbocycles. The molecule has 1 aliphatic carbocycles. The Morgan fingerprint density at radius 1 is 0.955 bits per heavy atom. The number of allylic oxidation sites excluding steroid dienone is 2. The van der Waals surface area contributed by atoms with E-state index in [4.69, 9.17) is 0 Å². The van der Waals surface area contributed by atoms with Crippen LogP contribution in [0.2, 0.25) is 0 Å². The van der Waals surface area contributed by atoms with Crippen molar-refractivity contribution in [3.63, 3.8) is 0 Å². The van der Waals surface area contributed by atoms with E-state index in [0.717, 1.165) is 31.3 Å². The zero-order chi connectivity index (χ0) is 14.5. The van der Waals surface area contributed by atoms with E-state index in [9.17, 15) is 4.79 Å². The fraction of sp³-hybridized carbons (Fsp3) is 0.278. The smallest absolute Gasteiger partial charge is 0.166 e. The van der Waals surface area contributed by atoms with E-state index in [1.54, 1.807) is 18.5 Å². The summed E-state index contributed by atoms with van der Waals surface area (Å²) in [6.07, 6.45) is 7.77. The topological polar surface area (TPSA) is 42.9 Å². The van der Waals surface area contributed by atoms with Gasteiger partial charge in [0.15, 0.2) is 5.78 Å². The SMILES string of the molecule is Cl.O=C(Cc1ncccn1)C1=C(c2ccccc2)CCCC1. The van der Waals surface area contributed by atoms with Crippen molar-refractivity contribution in [3.8, 4) is 0 Å². The van der Waals surface area contributed by atoms with Crippen LogP contribution in [0.5, 0.6) is 0 Å². The predicted molar refractivity (Wildman–Crippen MR) is 89.8 cm³/mol. The van der Waals surface area contributed by atoms with Crippen molar-refractivity contribution < 1.29 is 4.79 Å². The van der Waals surface area contributed by atoms with Crippen molar-refractivity contribution in [2.75, 3.05) is 0 Å². The lowest BCUT2D eigenvalue weighted by molar-refractivity contribution is -0.115. The largest absolute Gasteiger partial charge is 0.294 e. The summed E-state index contributed by atoms with van der Waals surface area (Å²) in [5.41, 5.74) is 3.36. The third-order valence-corrected chi connectivity index (χ3v) is 3.86. The Kier molecular flexibility index (Phi) is 5.84. The summed E-state index contributed by atoms with van der Waals surface area (Å²) < 4.78 is 0. The first-order valence-corrected chi connectivity index (χ1v) is 7.41. The molecule has 0 unspecified atom stereocenters. The van der Waals surface area contributed by atoms with Gasteiger partial charge in [-0.25, -0.2) is 9.97 Å². The Morgan fingerprint density at radius 3 is 2.36 bits per heavy atom. The molecule has 0 N–H and O–H groups in total. The Balaban J connectivity index is 0.00000176. The van der Waals surface area contributed by atoms with Gasteiger partial charge in [0.25, 0.3) is 0 Å². The molecular weight excluding hydrogens is 296 g/mol. The lowest BCUT2D eigenvalue weighted by Crippen LogP contribution is -2.13. The molecule has 0 fully saturated rings. The molecule has 3 rings (SSSR count). The number of ketones is 1. The second-order valence-corrected chi connectivity index (χ2v) is 5.30. The van der Waals surface area contributed by atoms with Crippen LogP contribution in [0.25, 0.3) is 5.57 Å². The molecule has 0 saturated heterocycles. The second kappa shape index (κ2) is 7.85. The molecule has 2 aromatic rings. The van der Waals surface area contributed by atoms with E-state index >= 15 is 0 Å². The number of Topliss-reactive ketones (excluding diaryl/α,β-unsaturated/α-hetero) is 1. The average Bonchev–Trinajstić information content (AvgIpc) is 2.56. The Morgan fingerprint density at radius 2 is 1.64 bits per heavy atom. The normalized spacial score (nSPS) is 14.4. The molecule has 0 bridgehead atoms. The first-order chi connectivity index (χ1) is 10.3. The summed E-state index contributed by atoms with van der Waals surface area (Å²) in [4.78, 5) is 20.9. The van der Waals surface area contributed by atoms with Gasteiger partial charge in [-0.15, -0.1) is 12.4 Å². The summed E-state index contributed by atoms with van der Waals surface area (Å²) in [6, 6.07) is 12.0. The maximum absolute atomic E-state index is 12.6. The number of nitrogens with zero attached hydrogens (tertiary/aromatic N) is 2. The molecule has 0 amide bonds. The van der Waals surface area contributed by atoms with E-state index < -0.39 is 0 Å². The molecule has 114 valence electrons. The van der Waals surface area contributed by atoms with Gasteiger partial charge in [0.2, 0.25) is 0 Å². The quantitative estimate of drug-likeness (QED) is 0.855. The van der Waals surface area contributed by atoms with Crippen LogP contribution < -0.4 is 0 Å². The summed E-state index contributed by atoms with van der Waals surface area (Å²) in [5.74, 6) is 0.771. The van der Waals surface area contributed by atoms with Gasteiger partial charge >= 0.3 is 0 Å². The summed E-state index contributed by atoms with van der Waals surface area (Å²) in [5, 5.41) is 0. The standard InChI is InChI=1S/C18H18N2O.ClH/c21-17(13-18-19-11-6-12-20-18)16-10-5-4-9-15(16)14-7-2-1-3-8-14;/h1-3,6-8,11-12H,4-5,9-10,13H2;1H. The lowest BCUT2D eigenvalue weighted by Gasteiger charge is -2.19. The highest BCUT2D eigenvalue weighted by Gasteiger charge is 2.20. The number of aromatic nitrogens is 2. The van der Waals surface area contributed by atoms with Gasteiger partial charge in [0.05, 0.1) is 6.42 Å². The van der Waals surface area contributed by atoms with Crippen LogP contribution in [0.1, 0.15) is 37.1 Å². The van der Waals surface area contributed by atoms with Crippen LogP contribution in [-0.2, 0) is 11.2 Å². The first-order valence-electron chi connectivity index (χ1n) is 7.41. The van der Waals surface area contributed by atoms with E-state index in [2.05, 4.69) is 22.1 Å². The van der Waals surface area contributed by atoms with E-state index in [0.29, 0.717) is 12.2 Å². The molecule has 1 aromatic carbocycles. The molecular formula is C18H19ClN2O. The molecule has 22 heavy (non-hydrogen) atoms. The van der Waals surface area contributed by atoms with Gasteiger partial charge in [0, 0.05) is 12.4 Å². The maximum atomic E-state index is 12.6. The van der Waals surface area contributed by atoms with Crippen LogP contribution in [0.4, 0.5) is 0 Å². The fourth-order valence-electron chi connectivity index (χ4n) is 2.84. The zero-order valence-corrected chi connectivity index (χ0v) is 13.2. The Hall–Kier alpha value is -2.00. The van der Waals surface area contributed by atoms with Crippen LogP contribution in [-0.4, -0.2) is 15.8 Å². The molecule has 4 heteroatoms. The highest BCUT2D eigenvalue weighted by molar-refractivity contribution is 6.03. The minimum atomic E-state index is 0. The van der Waals surface area contributed by atoms with Crippen molar-refractivity contribution >= 4 is 23.8 Å². The van der Waals surface area contributed by atoms with Crippen molar-refractivity contribution in [1.82, 2.24) is 9.97 Å². The molecule has 1 aromatic heterocycles. The molecule has 0 spiro atoms. The van der Waals surface area contributed by atoms with Gasteiger partial charge in [-0.1, -0.05) is 30.3 Å². The van der Waals surface area contributed by atoms with Gasteiger partial charge in [-0.05, 0) is 48.5 Å². The van der Waals surface area contributed by atoms with Crippen LogP contribution >= 0.6 is 12.4 Å². The minimum Gasteiger partial charge on any atom is -0.294 e. The zero-order valence-electron chi connectivity index (χ0n) is 12.4. The van der Waals surface area contributed by atoms with Gasteiger partial charge in [-0.3, -0.25) is 4.79 Å². The monoisotopic (exact) mass is 314 g/mol. The Labute approximate surface area is 136 Å². The number of benzene rings is 1. The van der Waals surface area contributed by atoms with E-state index in [1.807, 2.05) is 18.2 Å². The number of hydrogen-bond acceptors (Lipinski definition) is 3. The van der Waals surface area contributed by atoms with Crippen LogP contribution in [0, 0.1) is 0 Å². The third-order valence-electron chi connectivity index (χ3n) is 3.86. The number of carbonyl (C=O) groups excluding carboxylic acids is 1. The predicted octanol–water partition coefficient (Wildman–Crippen LogP) is 4.04. The first kappa shape index (κ1) is 16.4. The minimum absolute atomic E-state index is 0. The van der Waals surface area contributed by atoms with Gasteiger partial charge in [-0.2, -0.15) is 0 Å². The van der Waals surface area contributed by atoms with E-state index in [1.165, 1.54) is 11.1 Å². The summed E-state index contributed by atoms with van der Waals surface area (Å²) >= 11 is 0. The van der Waals surface area contributed by atoms with Crippen molar-refractivity contribution in [3.05, 3.63) is 65.8 Å². The van der Waals surface area contributed by atoms with Gasteiger partial charge < -0.3 is 0 Å². The molecule has 3 nitrogen and oxygen atoms in total. The Bertz CT molecular complexity index is 653. The van der Waals surface area contributed by atoms with E-state index in [-0.39, 0.29) is 18.2 Å². The summed E-state index contributed by atoms with van der Waals surface area (Å²) in [7, 11) is 0. The van der Waals surface area contributed by atoms with Crippen LogP contribution in [0.15, 0.2) is 54.4 Å². The molecule has 0 radical (unpaired) electrons. The second-order valence-electron chi connectivity index (χ2n) is 5.30. The van der Waals surface area contributed by atoms with Crippen molar-refractivity contribution in [2.24, 2.45) is 0 Å². The van der Waals surface area contributed by atoms with Crippen molar-refractivity contribution in [1.29, 1.82) is 0 Å².